The van der Waals surface area contributed by atoms with Crippen LogP contribution in [-0.2, 0) is 0 Å². The Kier molecular flexibility index (Phi) is 3.60. The monoisotopic (exact) mass is 254 g/mol. The zero-order valence-electron chi connectivity index (χ0n) is 11.2. The molecule has 104 valence electrons. The molecule has 3 fully saturated rings. The summed E-state index contributed by atoms with van der Waals surface area (Å²) in [5, 5.41) is 16.9. The van der Waals surface area contributed by atoms with Crippen LogP contribution < -0.4 is 16.4 Å². The molecule has 18 heavy (non-hydrogen) atoms. The molecule has 0 radical (unpaired) electrons. The second kappa shape index (κ2) is 5.06. The molecule has 5 nitrogen and oxygen atoms in total. The summed E-state index contributed by atoms with van der Waals surface area (Å²) in [7, 11) is 0. The minimum atomic E-state index is -0.102. The molecule has 2 saturated heterocycles. The van der Waals surface area contributed by atoms with E-state index in [9.17, 15) is 5.11 Å². The van der Waals surface area contributed by atoms with E-state index in [0.717, 1.165) is 38.9 Å². The van der Waals surface area contributed by atoms with Crippen LogP contribution in [0.3, 0.4) is 0 Å². The number of fused-ring (bicyclic) bond motifs is 1. The molecule has 0 aromatic carbocycles. The summed E-state index contributed by atoms with van der Waals surface area (Å²) >= 11 is 0. The van der Waals surface area contributed by atoms with Gasteiger partial charge in [-0.25, -0.2) is 0 Å². The number of aliphatic hydroxyl groups is 1. The Morgan fingerprint density at radius 2 is 2.17 bits per heavy atom. The first kappa shape index (κ1) is 12.8. The van der Waals surface area contributed by atoms with E-state index in [2.05, 4.69) is 22.5 Å². The first-order valence-corrected chi connectivity index (χ1v) is 7.37. The maximum Gasteiger partial charge on any atom is 0.0666 e. The quantitative estimate of drug-likeness (QED) is 0.541. The lowest BCUT2D eigenvalue weighted by atomic mass is 10.0. The zero-order valence-corrected chi connectivity index (χ0v) is 11.2. The highest BCUT2D eigenvalue weighted by atomic mass is 16.3. The smallest absolute Gasteiger partial charge is 0.0666 e. The van der Waals surface area contributed by atoms with Crippen LogP contribution in [0.2, 0.25) is 0 Å². The summed E-state index contributed by atoms with van der Waals surface area (Å²) in [6.45, 7) is 4.10. The number of rotatable bonds is 2. The summed E-state index contributed by atoms with van der Waals surface area (Å²) in [6, 6.07) is 0.540. The molecule has 3 rings (SSSR count). The number of hydrogen-bond donors (Lipinski definition) is 4. The van der Waals surface area contributed by atoms with Crippen molar-refractivity contribution in [3.63, 3.8) is 0 Å². The van der Waals surface area contributed by atoms with Crippen molar-refractivity contribution < 1.29 is 5.11 Å². The highest BCUT2D eigenvalue weighted by Gasteiger charge is 2.45. The fourth-order valence-corrected chi connectivity index (χ4v) is 4.11. The topological polar surface area (TPSA) is 73.5 Å². The molecule has 0 spiro atoms. The molecule has 0 aromatic rings. The third kappa shape index (κ3) is 2.08. The maximum atomic E-state index is 10.1. The van der Waals surface area contributed by atoms with E-state index in [1.165, 1.54) is 0 Å². The van der Waals surface area contributed by atoms with Crippen molar-refractivity contribution in [1.29, 1.82) is 0 Å². The van der Waals surface area contributed by atoms with Gasteiger partial charge in [0.1, 0.15) is 0 Å². The van der Waals surface area contributed by atoms with E-state index < -0.39 is 0 Å². The third-order valence-electron chi connectivity index (χ3n) is 5.22. The van der Waals surface area contributed by atoms with Gasteiger partial charge in [-0.2, -0.15) is 0 Å². The second-order valence-electron chi connectivity index (χ2n) is 6.11. The van der Waals surface area contributed by atoms with Gasteiger partial charge < -0.3 is 10.8 Å². The fourth-order valence-electron chi connectivity index (χ4n) is 4.11. The van der Waals surface area contributed by atoms with Gasteiger partial charge in [-0.15, -0.1) is 0 Å². The van der Waals surface area contributed by atoms with Gasteiger partial charge in [0.15, 0.2) is 0 Å². The SMILES string of the molecule is CCC1CC(N2CCC3C(N)NCNC32)CC1O. The van der Waals surface area contributed by atoms with Gasteiger partial charge in [-0.3, -0.25) is 15.5 Å². The van der Waals surface area contributed by atoms with Crippen LogP contribution in [0.5, 0.6) is 0 Å². The van der Waals surface area contributed by atoms with Crippen molar-refractivity contribution in [2.45, 2.75) is 57.1 Å². The van der Waals surface area contributed by atoms with Crippen molar-refractivity contribution in [3.8, 4) is 0 Å². The van der Waals surface area contributed by atoms with Crippen LogP contribution in [-0.4, -0.2) is 47.7 Å². The van der Waals surface area contributed by atoms with Crippen molar-refractivity contribution in [1.82, 2.24) is 15.5 Å². The van der Waals surface area contributed by atoms with E-state index >= 15 is 0 Å². The van der Waals surface area contributed by atoms with E-state index in [0.29, 0.717) is 24.0 Å². The van der Waals surface area contributed by atoms with Crippen LogP contribution in [0.15, 0.2) is 0 Å². The molecule has 2 heterocycles. The normalized spacial score (nSPS) is 49.5. The highest BCUT2D eigenvalue weighted by Crippen LogP contribution is 2.37. The number of hydrogen-bond acceptors (Lipinski definition) is 5. The molecule has 2 aliphatic heterocycles. The van der Waals surface area contributed by atoms with Crippen LogP contribution >= 0.6 is 0 Å². The van der Waals surface area contributed by atoms with Gasteiger partial charge in [-0.1, -0.05) is 13.3 Å². The molecule has 0 amide bonds. The second-order valence-corrected chi connectivity index (χ2v) is 6.11. The molecule has 0 bridgehead atoms. The molecule has 6 unspecified atom stereocenters. The van der Waals surface area contributed by atoms with Crippen molar-refractivity contribution in [2.75, 3.05) is 13.2 Å². The van der Waals surface area contributed by atoms with Crippen LogP contribution in [0.25, 0.3) is 0 Å². The summed E-state index contributed by atoms with van der Waals surface area (Å²) in [4.78, 5) is 2.56. The van der Waals surface area contributed by atoms with Crippen LogP contribution in [0, 0.1) is 11.8 Å². The lowest BCUT2D eigenvalue weighted by molar-refractivity contribution is 0.0866. The van der Waals surface area contributed by atoms with E-state index in [4.69, 9.17) is 5.73 Å². The minimum absolute atomic E-state index is 0.102. The molecule has 6 atom stereocenters. The molecular formula is C13H26N4O. The first-order chi connectivity index (χ1) is 8.70. The van der Waals surface area contributed by atoms with Gasteiger partial charge in [0, 0.05) is 25.2 Å². The molecule has 1 aliphatic carbocycles. The van der Waals surface area contributed by atoms with E-state index in [-0.39, 0.29) is 12.3 Å². The van der Waals surface area contributed by atoms with Gasteiger partial charge >= 0.3 is 0 Å². The Balaban J connectivity index is 1.67. The van der Waals surface area contributed by atoms with E-state index in [1.54, 1.807) is 0 Å². The van der Waals surface area contributed by atoms with Crippen molar-refractivity contribution in [2.24, 2.45) is 17.6 Å². The number of aliphatic hydroxyl groups excluding tert-OH is 1. The summed E-state index contributed by atoms with van der Waals surface area (Å²) < 4.78 is 0. The van der Waals surface area contributed by atoms with Gasteiger partial charge in [0.25, 0.3) is 0 Å². The predicted octanol–water partition coefficient (Wildman–Crippen LogP) is -0.381. The maximum absolute atomic E-state index is 10.1. The first-order valence-electron chi connectivity index (χ1n) is 7.37. The molecule has 5 heteroatoms. The summed E-state index contributed by atoms with van der Waals surface area (Å²) in [6.07, 6.45) is 4.76. The number of likely N-dealkylation sites (tertiary alicyclic amines) is 1. The molecule has 3 aliphatic rings. The molecule has 0 aromatic heterocycles. The average molecular weight is 254 g/mol. The van der Waals surface area contributed by atoms with Crippen molar-refractivity contribution >= 4 is 0 Å². The fraction of sp³-hybridized carbons (Fsp3) is 1.00. The van der Waals surface area contributed by atoms with E-state index in [1.807, 2.05) is 0 Å². The van der Waals surface area contributed by atoms with Crippen LogP contribution in [0.1, 0.15) is 32.6 Å². The highest BCUT2D eigenvalue weighted by molar-refractivity contribution is 4.98. The molecule has 1 saturated carbocycles. The van der Waals surface area contributed by atoms with Gasteiger partial charge in [0.05, 0.1) is 18.4 Å². The minimum Gasteiger partial charge on any atom is -0.393 e. The lowest BCUT2D eigenvalue weighted by Crippen LogP contribution is -2.63. The Labute approximate surface area is 109 Å². The van der Waals surface area contributed by atoms with Crippen molar-refractivity contribution in [3.05, 3.63) is 0 Å². The Bertz CT molecular complexity index is 301. The Hall–Kier alpha value is -0.200. The number of nitrogens with two attached hydrogens (primary N) is 1. The number of nitrogens with one attached hydrogen (secondary N) is 2. The summed E-state index contributed by atoms with van der Waals surface area (Å²) in [5.74, 6) is 1.00. The van der Waals surface area contributed by atoms with Gasteiger partial charge in [-0.05, 0) is 25.2 Å². The van der Waals surface area contributed by atoms with Gasteiger partial charge in [0.2, 0.25) is 0 Å². The Morgan fingerprint density at radius 3 is 2.89 bits per heavy atom. The lowest BCUT2D eigenvalue weighted by Gasteiger charge is -2.39. The summed E-state index contributed by atoms with van der Waals surface area (Å²) in [5.41, 5.74) is 6.13. The van der Waals surface area contributed by atoms with Crippen LogP contribution in [0.4, 0.5) is 0 Å². The Morgan fingerprint density at radius 1 is 1.33 bits per heavy atom. The number of nitrogens with zero attached hydrogens (tertiary/aromatic N) is 1. The molecular weight excluding hydrogens is 228 g/mol. The third-order valence-corrected chi connectivity index (χ3v) is 5.22. The average Bonchev–Trinajstić information content (AvgIpc) is 2.93. The zero-order chi connectivity index (χ0) is 12.7. The molecule has 5 N–H and O–H groups in total. The largest absolute Gasteiger partial charge is 0.393 e. The standard InChI is InChI=1S/C13H26N4O/c1-2-8-5-9(6-11(8)18)17-4-3-10-12(14)15-7-16-13(10)17/h8-13,15-16,18H,2-7,14H2,1H3. The predicted molar refractivity (Wildman–Crippen MR) is 70.5 cm³/mol.